The van der Waals surface area contributed by atoms with Crippen LogP contribution in [0.25, 0.3) is 0 Å². The molecule has 0 spiro atoms. The van der Waals surface area contributed by atoms with Crippen molar-refractivity contribution in [3.05, 3.63) is 102 Å². The van der Waals surface area contributed by atoms with Crippen molar-refractivity contribution in [1.82, 2.24) is 0 Å². The standard InChI is InChI=1S/C16H20O4.C16H16O3/c1-2-16(18)20-12-6-4-3-5-11-19-15-9-7-14(13-17)8-10-15;1-11-4-9-15(12(2)10-11)19-16(17)13-5-7-14(18-3)8-6-13/h2,7-10,13H,1,3-6,11-12H2;4-10H,1-3H3. The van der Waals surface area contributed by atoms with E-state index < -0.39 is 0 Å². The van der Waals surface area contributed by atoms with Crippen LogP contribution in [0.15, 0.2) is 79.4 Å². The summed E-state index contributed by atoms with van der Waals surface area (Å²) in [6, 6.07) is 19.6. The van der Waals surface area contributed by atoms with Gasteiger partial charge >= 0.3 is 11.9 Å². The molecule has 206 valence electrons. The summed E-state index contributed by atoms with van der Waals surface area (Å²) in [6.45, 7) is 8.34. The molecule has 3 aromatic carbocycles. The molecule has 0 amide bonds. The van der Waals surface area contributed by atoms with Gasteiger partial charge in [-0.3, -0.25) is 4.79 Å². The number of esters is 2. The first kappa shape index (κ1) is 30.8. The molecule has 39 heavy (non-hydrogen) atoms. The van der Waals surface area contributed by atoms with Gasteiger partial charge in [0.15, 0.2) is 0 Å². The minimum atomic E-state index is -0.368. The maximum Gasteiger partial charge on any atom is 0.343 e. The van der Waals surface area contributed by atoms with Crippen molar-refractivity contribution in [3.8, 4) is 17.2 Å². The highest BCUT2D eigenvalue weighted by Gasteiger charge is 2.10. The fourth-order valence-corrected chi connectivity index (χ4v) is 3.42. The molecular formula is C32H36O7. The number of carbonyl (C=O) groups excluding carboxylic acids is 3. The van der Waals surface area contributed by atoms with E-state index >= 15 is 0 Å². The van der Waals surface area contributed by atoms with Crippen LogP contribution in [-0.4, -0.2) is 38.5 Å². The number of hydrogen-bond acceptors (Lipinski definition) is 7. The van der Waals surface area contributed by atoms with Gasteiger partial charge in [0, 0.05) is 11.6 Å². The highest BCUT2D eigenvalue weighted by Crippen LogP contribution is 2.21. The van der Waals surface area contributed by atoms with Crippen LogP contribution in [0.1, 0.15) is 57.5 Å². The zero-order chi connectivity index (χ0) is 28.5. The van der Waals surface area contributed by atoms with Gasteiger partial charge in [0.1, 0.15) is 23.5 Å². The first-order valence-corrected chi connectivity index (χ1v) is 12.8. The number of aldehydes is 1. The predicted octanol–water partition coefficient (Wildman–Crippen LogP) is 6.70. The number of aryl methyl sites for hydroxylation is 2. The Morgan fingerprint density at radius 3 is 2.05 bits per heavy atom. The van der Waals surface area contributed by atoms with Gasteiger partial charge in [-0.05, 0) is 99.7 Å². The van der Waals surface area contributed by atoms with Gasteiger partial charge < -0.3 is 18.9 Å². The molecule has 0 aliphatic carbocycles. The van der Waals surface area contributed by atoms with Gasteiger partial charge in [-0.1, -0.05) is 24.3 Å². The van der Waals surface area contributed by atoms with Crippen molar-refractivity contribution in [1.29, 1.82) is 0 Å². The van der Waals surface area contributed by atoms with Crippen molar-refractivity contribution in [3.63, 3.8) is 0 Å². The predicted molar refractivity (Wildman–Crippen MR) is 151 cm³/mol. The Morgan fingerprint density at radius 1 is 0.821 bits per heavy atom. The molecule has 7 nitrogen and oxygen atoms in total. The summed E-state index contributed by atoms with van der Waals surface area (Å²) in [7, 11) is 1.59. The second-order valence-corrected chi connectivity index (χ2v) is 8.71. The van der Waals surface area contributed by atoms with E-state index in [9.17, 15) is 14.4 Å². The average Bonchev–Trinajstić information content (AvgIpc) is 2.96. The van der Waals surface area contributed by atoms with Crippen molar-refractivity contribution >= 4 is 18.2 Å². The lowest BCUT2D eigenvalue weighted by molar-refractivity contribution is -0.137. The molecule has 0 aromatic heterocycles. The Bertz CT molecular complexity index is 1200. The highest BCUT2D eigenvalue weighted by molar-refractivity contribution is 5.91. The normalized spacial score (nSPS) is 9.92. The number of rotatable bonds is 13. The summed E-state index contributed by atoms with van der Waals surface area (Å²) in [6.07, 6.45) is 5.81. The van der Waals surface area contributed by atoms with Crippen molar-refractivity contribution in [2.24, 2.45) is 0 Å². The van der Waals surface area contributed by atoms with E-state index in [0.717, 1.165) is 48.8 Å². The summed E-state index contributed by atoms with van der Waals surface area (Å²) in [5.74, 6) is 1.34. The Hall–Kier alpha value is -4.39. The molecule has 3 aromatic rings. The van der Waals surface area contributed by atoms with Gasteiger partial charge in [0.05, 0.1) is 25.9 Å². The summed E-state index contributed by atoms with van der Waals surface area (Å²) >= 11 is 0. The number of benzene rings is 3. The van der Waals surface area contributed by atoms with Crippen LogP contribution >= 0.6 is 0 Å². The molecule has 0 saturated heterocycles. The monoisotopic (exact) mass is 532 g/mol. The van der Waals surface area contributed by atoms with Crippen LogP contribution in [0.2, 0.25) is 0 Å². The van der Waals surface area contributed by atoms with Crippen molar-refractivity contribution < 1.29 is 33.3 Å². The van der Waals surface area contributed by atoms with Crippen LogP contribution in [0.5, 0.6) is 17.2 Å². The van der Waals surface area contributed by atoms with Crippen LogP contribution < -0.4 is 14.2 Å². The van der Waals surface area contributed by atoms with Crippen LogP contribution in [0, 0.1) is 13.8 Å². The fraction of sp³-hybridized carbons (Fsp3) is 0.281. The van der Waals surface area contributed by atoms with Crippen molar-refractivity contribution in [2.45, 2.75) is 39.5 Å². The maximum atomic E-state index is 12.0. The number of carbonyl (C=O) groups is 3. The van der Waals surface area contributed by atoms with E-state index in [-0.39, 0.29) is 11.9 Å². The minimum Gasteiger partial charge on any atom is -0.497 e. The summed E-state index contributed by atoms with van der Waals surface area (Å²) in [4.78, 5) is 33.2. The lowest BCUT2D eigenvalue weighted by Crippen LogP contribution is -2.09. The number of unbranched alkanes of at least 4 members (excludes halogenated alkanes) is 3. The third kappa shape index (κ3) is 11.7. The van der Waals surface area contributed by atoms with E-state index in [4.69, 9.17) is 18.9 Å². The van der Waals surface area contributed by atoms with E-state index in [1.807, 2.05) is 32.0 Å². The molecule has 0 fully saturated rings. The molecule has 0 N–H and O–H groups in total. The Labute approximate surface area is 230 Å². The topological polar surface area (TPSA) is 88.1 Å². The summed E-state index contributed by atoms with van der Waals surface area (Å²) in [5.41, 5.74) is 3.23. The number of ether oxygens (including phenoxy) is 4. The van der Waals surface area contributed by atoms with Gasteiger partial charge in [-0.15, -0.1) is 0 Å². The number of hydrogen-bond donors (Lipinski definition) is 0. The maximum absolute atomic E-state index is 12.0. The molecule has 0 radical (unpaired) electrons. The van der Waals surface area contributed by atoms with Crippen LogP contribution in [0.3, 0.4) is 0 Å². The van der Waals surface area contributed by atoms with Gasteiger partial charge in [-0.2, -0.15) is 0 Å². The molecule has 0 atom stereocenters. The second kappa shape index (κ2) is 17.2. The third-order valence-electron chi connectivity index (χ3n) is 5.59. The van der Waals surface area contributed by atoms with Gasteiger partial charge in [0.25, 0.3) is 0 Å². The average molecular weight is 533 g/mol. The lowest BCUT2D eigenvalue weighted by atomic mass is 10.1. The van der Waals surface area contributed by atoms with E-state index in [1.54, 1.807) is 55.6 Å². The molecule has 0 saturated carbocycles. The smallest absolute Gasteiger partial charge is 0.343 e. The Balaban J connectivity index is 0.000000274. The second-order valence-electron chi connectivity index (χ2n) is 8.71. The Kier molecular flexibility index (Phi) is 13.6. The molecular weight excluding hydrogens is 496 g/mol. The zero-order valence-corrected chi connectivity index (χ0v) is 22.8. The van der Waals surface area contributed by atoms with E-state index in [1.165, 1.54) is 6.08 Å². The highest BCUT2D eigenvalue weighted by atomic mass is 16.5. The van der Waals surface area contributed by atoms with Gasteiger partial charge in [0.2, 0.25) is 0 Å². The van der Waals surface area contributed by atoms with E-state index in [0.29, 0.717) is 35.8 Å². The van der Waals surface area contributed by atoms with E-state index in [2.05, 4.69) is 6.58 Å². The molecule has 3 rings (SSSR count). The van der Waals surface area contributed by atoms with Crippen LogP contribution in [0.4, 0.5) is 0 Å². The first-order chi connectivity index (χ1) is 18.9. The molecule has 7 heteroatoms. The Morgan fingerprint density at radius 2 is 1.46 bits per heavy atom. The molecule has 0 unspecified atom stereocenters. The minimum absolute atomic E-state index is 0.366. The number of methoxy groups -OCH3 is 1. The first-order valence-electron chi connectivity index (χ1n) is 12.8. The SMILES string of the molecule is C=CC(=O)OCCCCCCOc1ccc(C=O)cc1.COc1ccc(C(=O)Oc2ccc(C)cc2C)cc1. The molecule has 0 aliphatic rings. The third-order valence-corrected chi connectivity index (χ3v) is 5.59. The lowest BCUT2D eigenvalue weighted by Gasteiger charge is -2.08. The molecule has 0 heterocycles. The zero-order valence-electron chi connectivity index (χ0n) is 22.8. The summed E-state index contributed by atoms with van der Waals surface area (Å²) < 4.78 is 20.9. The van der Waals surface area contributed by atoms with Crippen molar-refractivity contribution in [2.75, 3.05) is 20.3 Å². The van der Waals surface area contributed by atoms with Crippen LogP contribution in [-0.2, 0) is 9.53 Å². The summed E-state index contributed by atoms with van der Waals surface area (Å²) in [5, 5.41) is 0. The largest absolute Gasteiger partial charge is 0.497 e. The fourth-order valence-electron chi connectivity index (χ4n) is 3.42. The van der Waals surface area contributed by atoms with Gasteiger partial charge in [-0.25, -0.2) is 9.59 Å². The molecule has 0 bridgehead atoms. The molecule has 0 aliphatic heterocycles. The quantitative estimate of drug-likeness (QED) is 0.0796.